The second kappa shape index (κ2) is 9.08. The van der Waals surface area contributed by atoms with E-state index in [2.05, 4.69) is 5.92 Å². The van der Waals surface area contributed by atoms with Gasteiger partial charge < -0.3 is 9.84 Å². The largest absolute Gasteiger partial charge is 0.465 e. The number of aliphatic hydroxyl groups excluding tert-OH is 1. The molecule has 0 aliphatic heterocycles. The fourth-order valence-electron chi connectivity index (χ4n) is 0.854. The highest BCUT2D eigenvalue weighted by Gasteiger charge is 2.00. The monoisotopic (exact) mass is 184 g/mol. The first kappa shape index (κ1) is 12.0. The predicted molar refractivity (Wildman–Crippen MR) is 50.0 cm³/mol. The maximum Gasteiger partial charge on any atom is 0.305 e. The smallest absolute Gasteiger partial charge is 0.305 e. The first-order valence-electron chi connectivity index (χ1n) is 4.51. The van der Waals surface area contributed by atoms with Crippen molar-refractivity contribution in [3.63, 3.8) is 0 Å². The molecule has 3 nitrogen and oxygen atoms in total. The molecule has 0 aromatic rings. The number of terminal acetylenes is 1. The number of carbonyl (C=O) groups is 1. The van der Waals surface area contributed by atoms with Gasteiger partial charge in [-0.05, 0) is 12.8 Å². The molecule has 0 heterocycles. The molecule has 74 valence electrons. The van der Waals surface area contributed by atoms with E-state index in [-0.39, 0.29) is 12.6 Å². The first-order valence-corrected chi connectivity index (χ1v) is 4.51. The summed E-state index contributed by atoms with van der Waals surface area (Å²) in [6.07, 6.45) is 8.26. The Balaban J connectivity index is 3.16. The Morgan fingerprint density at radius 2 is 2.15 bits per heavy atom. The van der Waals surface area contributed by atoms with Gasteiger partial charge in [-0.1, -0.05) is 6.42 Å². The number of aliphatic hydroxyl groups is 1. The third-order valence-corrected chi connectivity index (χ3v) is 1.55. The van der Waals surface area contributed by atoms with Crippen LogP contribution in [0.4, 0.5) is 0 Å². The second-order valence-corrected chi connectivity index (χ2v) is 2.71. The van der Waals surface area contributed by atoms with Gasteiger partial charge in [0.1, 0.15) is 6.61 Å². The lowest BCUT2D eigenvalue weighted by molar-refractivity contribution is -0.143. The Morgan fingerprint density at radius 3 is 2.77 bits per heavy atom. The normalized spacial score (nSPS) is 9.23. The number of carbonyl (C=O) groups excluding carboxylic acids is 1. The summed E-state index contributed by atoms with van der Waals surface area (Å²) in [5.74, 6) is 2.19. The van der Waals surface area contributed by atoms with Crippen molar-refractivity contribution >= 4 is 5.97 Å². The summed E-state index contributed by atoms with van der Waals surface area (Å²) in [5, 5.41) is 8.47. The number of esters is 1. The molecule has 0 bridgehead atoms. The van der Waals surface area contributed by atoms with Crippen LogP contribution in [0.1, 0.15) is 32.1 Å². The van der Waals surface area contributed by atoms with Crippen LogP contribution >= 0.6 is 0 Å². The zero-order valence-corrected chi connectivity index (χ0v) is 7.79. The van der Waals surface area contributed by atoms with Crippen LogP contribution in [0.2, 0.25) is 0 Å². The van der Waals surface area contributed by atoms with Gasteiger partial charge in [0.25, 0.3) is 0 Å². The van der Waals surface area contributed by atoms with Gasteiger partial charge in [-0.3, -0.25) is 4.79 Å². The second-order valence-electron chi connectivity index (χ2n) is 2.71. The van der Waals surface area contributed by atoms with E-state index in [1.54, 1.807) is 0 Å². The Labute approximate surface area is 79.1 Å². The highest BCUT2D eigenvalue weighted by Crippen LogP contribution is 2.00. The molecule has 0 spiro atoms. The number of rotatable bonds is 7. The quantitative estimate of drug-likeness (QED) is 0.366. The summed E-state index contributed by atoms with van der Waals surface area (Å²) in [6.45, 7) is 0.501. The minimum absolute atomic E-state index is 0.187. The zero-order chi connectivity index (χ0) is 9.94. The van der Waals surface area contributed by atoms with Crippen molar-refractivity contribution in [3.8, 4) is 12.3 Å². The third-order valence-electron chi connectivity index (χ3n) is 1.55. The molecule has 0 aliphatic rings. The van der Waals surface area contributed by atoms with E-state index in [1.807, 2.05) is 0 Å². The van der Waals surface area contributed by atoms with Gasteiger partial charge in [0.05, 0.1) is 0 Å². The van der Waals surface area contributed by atoms with Crippen molar-refractivity contribution < 1.29 is 14.6 Å². The van der Waals surface area contributed by atoms with Gasteiger partial charge in [-0.25, -0.2) is 0 Å². The van der Waals surface area contributed by atoms with E-state index >= 15 is 0 Å². The number of ether oxygens (including phenoxy) is 1. The molecule has 0 saturated heterocycles. The predicted octanol–water partition coefficient (Wildman–Crippen LogP) is 1.11. The fraction of sp³-hybridized carbons (Fsp3) is 0.700. The summed E-state index contributed by atoms with van der Waals surface area (Å²) in [6, 6.07) is 0. The van der Waals surface area contributed by atoms with Crippen molar-refractivity contribution in [2.75, 3.05) is 13.2 Å². The summed E-state index contributed by atoms with van der Waals surface area (Å²) in [5.41, 5.74) is 0. The Hall–Kier alpha value is -1.01. The molecule has 0 radical (unpaired) electrons. The van der Waals surface area contributed by atoms with Gasteiger partial charge >= 0.3 is 5.97 Å². The molecule has 0 aliphatic carbocycles. The maximum atomic E-state index is 10.9. The summed E-state index contributed by atoms with van der Waals surface area (Å²) in [4.78, 5) is 10.9. The van der Waals surface area contributed by atoms with Gasteiger partial charge in [0, 0.05) is 19.4 Å². The number of unbranched alkanes of at least 4 members (excludes halogenated alkanes) is 2. The maximum absolute atomic E-state index is 10.9. The van der Waals surface area contributed by atoms with Crippen molar-refractivity contribution in [1.82, 2.24) is 0 Å². The van der Waals surface area contributed by atoms with Crippen LogP contribution in [0.25, 0.3) is 0 Å². The third kappa shape index (κ3) is 8.90. The highest BCUT2D eigenvalue weighted by atomic mass is 16.5. The van der Waals surface area contributed by atoms with E-state index in [0.717, 1.165) is 19.3 Å². The van der Waals surface area contributed by atoms with Gasteiger partial charge in [0.15, 0.2) is 0 Å². The SMILES string of the molecule is C#CCCOC(=O)CCCCCO. The Morgan fingerprint density at radius 1 is 1.38 bits per heavy atom. The number of hydrogen-bond donors (Lipinski definition) is 1. The van der Waals surface area contributed by atoms with Crippen LogP contribution < -0.4 is 0 Å². The lowest BCUT2D eigenvalue weighted by Gasteiger charge is -2.01. The summed E-state index contributed by atoms with van der Waals surface area (Å²) < 4.78 is 4.82. The summed E-state index contributed by atoms with van der Waals surface area (Å²) in [7, 11) is 0. The lowest BCUT2D eigenvalue weighted by atomic mass is 10.2. The molecule has 3 heteroatoms. The van der Waals surface area contributed by atoms with Gasteiger partial charge in [0.2, 0.25) is 0 Å². The van der Waals surface area contributed by atoms with Crippen LogP contribution in [0.15, 0.2) is 0 Å². The highest BCUT2D eigenvalue weighted by molar-refractivity contribution is 5.69. The van der Waals surface area contributed by atoms with Crippen LogP contribution in [-0.2, 0) is 9.53 Å². The average Bonchev–Trinajstić information content (AvgIpc) is 2.13. The molecule has 0 amide bonds. The molecule has 0 atom stereocenters. The molecule has 0 saturated carbocycles. The van der Waals surface area contributed by atoms with E-state index in [0.29, 0.717) is 19.4 Å². The standard InChI is InChI=1S/C10H16O3/c1-2-3-9-13-10(12)7-5-4-6-8-11/h1,11H,3-9H2. The van der Waals surface area contributed by atoms with Crippen LogP contribution in [0, 0.1) is 12.3 Å². The average molecular weight is 184 g/mol. The molecule has 0 unspecified atom stereocenters. The minimum Gasteiger partial charge on any atom is -0.465 e. The van der Waals surface area contributed by atoms with E-state index in [9.17, 15) is 4.79 Å². The van der Waals surface area contributed by atoms with E-state index < -0.39 is 0 Å². The molecule has 0 fully saturated rings. The van der Waals surface area contributed by atoms with Crippen LogP contribution in [-0.4, -0.2) is 24.3 Å². The molecule has 13 heavy (non-hydrogen) atoms. The Kier molecular flexibility index (Phi) is 8.38. The molecular formula is C10H16O3. The van der Waals surface area contributed by atoms with Crippen molar-refractivity contribution in [3.05, 3.63) is 0 Å². The molecule has 1 N–H and O–H groups in total. The molecule has 0 aromatic heterocycles. The lowest BCUT2D eigenvalue weighted by Crippen LogP contribution is -2.05. The van der Waals surface area contributed by atoms with Crippen LogP contribution in [0.5, 0.6) is 0 Å². The zero-order valence-electron chi connectivity index (χ0n) is 7.79. The fourth-order valence-corrected chi connectivity index (χ4v) is 0.854. The summed E-state index contributed by atoms with van der Waals surface area (Å²) >= 11 is 0. The van der Waals surface area contributed by atoms with E-state index in [4.69, 9.17) is 16.3 Å². The van der Waals surface area contributed by atoms with E-state index in [1.165, 1.54) is 0 Å². The van der Waals surface area contributed by atoms with Crippen molar-refractivity contribution in [2.24, 2.45) is 0 Å². The minimum atomic E-state index is -0.201. The molecule has 0 rings (SSSR count). The topological polar surface area (TPSA) is 46.5 Å². The van der Waals surface area contributed by atoms with Crippen LogP contribution in [0.3, 0.4) is 0 Å². The van der Waals surface area contributed by atoms with Crippen molar-refractivity contribution in [1.29, 1.82) is 0 Å². The molecular weight excluding hydrogens is 168 g/mol. The first-order chi connectivity index (χ1) is 6.31. The molecule has 0 aromatic carbocycles. The Bertz CT molecular complexity index is 169. The van der Waals surface area contributed by atoms with Crippen molar-refractivity contribution in [2.45, 2.75) is 32.1 Å². The van der Waals surface area contributed by atoms with Gasteiger partial charge in [-0.2, -0.15) is 0 Å². The number of hydrogen-bond acceptors (Lipinski definition) is 3. The van der Waals surface area contributed by atoms with Gasteiger partial charge in [-0.15, -0.1) is 12.3 Å².